The van der Waals surface area contributed by atoms with Crippen molar-refractivity contribution in [3.63, 3.8) is 0 Å². The summed E-state index contributed by atoms with van der Waals surface area (Å²) in [7, 11) is 0. The number of hydrogen-bond acceptors (Lipinski definition) is 3. The summed E-state index contributed by atoms with van der Waals surface area (Å²) in [5.41, 5.74) is 1.01. The fourth-order valence-electron chi connectivity index (χ4n) is 1.59. The van der Waals surface area contributed by atoms with Crippen LogP contribution in [0, 0.1) is 11.3 Å². The number of aromatic nitrogens is 1. The van der Waals surface area contributed by atoms with Gasteiger partial charge in [-0.2, -0.15) is 5.26 Å². The molecular weight excluding hydrogens is 224 g/mol. The van der Waals surface area contributed by atoms with E-state index in [4.69, 9.17) is 4.74 Å². The van der Waals surface area contributed by atoms with E-state index in [0.717, 1.165) is 17.3 Å². The van der Waals surface area contributed by atoms with Gasteiger partial charge in [0.05, 0.1) is 5.52 Å². The highest BCUT2D eigenvalue weighted by atomic mass is 16.5. The largest absolute Gasteiger partial charge is 0.471 e. The lowest BCUT2D eigenvalue weighted by Gasteiger charge is -2.24. The van der Waals surface area contributed by atoms with Crippen LogP contribution < -0.4 is 4.74 Å². The molecule has 0 aliphatic rings. The zero-order chi connectivity index (χ0) is 13.2. The summed E-state index contributed by atoms with van der Waals surface area (Å²) >= 11 is 0. The highest BCUT2D eigenvalue weighted by Gasteiger charge is 2.20. The molecule has 0 fully saturated rings. The molecule has 0 spiro atoms. The van der Waals surface area contributed by atoms with Crippen LogP contribution >= 0.6 is 0 Å². The Kier molecular flexibility index (Phi) is 3.20. The molecule has 0 aliphatic carbocycles. The third kappa shape index (κ3) is 2.43. The second-order valence-corrected chi connectivity index (χ2v) is 4.86. The predicted molar refractivity (Wildman–Crippen MR) is 71.5 cm³/mol. The third-order valence-corrected chi connectivity index (χ3v) is 3.03. The van der Waals surface area contributed by atoms with Crippen molar-refractivity contribution in [2.45, 2.75) is 32.8 Å². The van der Waals surface area contributed by atoms with E-state index in [1.54, 1.807) is 0 Å². The summed E-state index contributed by atoms with van der Waals surface area (Å²) in [5, 5.41) is 10.1. The zero-order valence-corrected chi connectivity index (χ0v) is 10.9. The quantitative estimate of drug-likeness (QED) is 0.822. The second-order valence-electron chi connectivity index (χ2n) is 4.86. The van der Waals surface area contributed by atoms with Crippen molar-refractivity contribution < 1.29 is 4.74 Å². The number of hydrogen-bond donors (Lipinski definition) is 0. The number of rotatable bonds is 3. The van der Waals surface area contributed by atoms with E-state index in [1.165, 1.54) is 0 Å². The van der Waals surface area contributed by atoms with Crippen molar-refractivity contribution in [2.24, 2.45) is 0 Å². The van der Waals surface area contributed by atoms with Crippen molar-refractivity contribution in [2.75, 3.05) is 0 Å². The summed E-state index contributed by atoms with van der Waals surface area (Å²) in [6.07, 6.45) is 0.854. The van der Waals surface area contributed by atoms with Crippen LogP contribution in [0.2, 0.25) is 0 Å². The van der Waals surface area contributed by atoms with Gasteiger partial charge in [-0.3, -0.25) is 0 Å². The smallest absolute Gasteiger partial charge is 0.232 e. The normalized spacial score (nSPS) is 11.2. The van der Waals surface area contributed by atoms with E-state index < -0.39 is 0 Å². The average Bonchev–Trinajstić information content (AvgIpc) is 2.37. The number of fused-ring (bicyclic) bond motifs is 1. The minimum absolute atomic E-state index is 0.318. The molecule has 0 atom stereocenters. The van der Waals surface area contributed by atoms with Crippen LogP contribution in [-0.4, -0.2) is 10.6 Å². The molecule has 1 aromatic heterocycles. The van der Waals surface area contributed by atoms with E-state index in [1.807, 2.05) is 51.1 Å². The first-order chi connectivity index (χ1) is 8.55. The molecule has 2 rings (SSSR count). The van der Waals surface area contributed by atoms with Gasteiger partial charge in [0.25, 0.3) is 0 Å². The Balaban J connectivity index is 2.53. The maximum atomic E-state index is 9.18. The molecule has 0 saturated heterocycles. The first-order valence-corrected chi connectivity index (χ1v) is 6.04. The molecular formula is C15H16N2O. The fourth-order valence-corrected chi connectivity index (χ4v) is 1.59. The highest BCUT2D eigenvalue weighted by molar-refractivity contribution is 5.80. The summed E-state index contributed by atoms with van der Waals surface area (Å²) in [4.78, 5) is 4.43. The molecule has 0 unspecified atom stereocenters. The lowest BCUT2D eigenvalue weighted by atomic mass is 10.1. The molecule has 0 saturated carbocycles. The predicted octanol–water partition coefficient (Wildman–Crippen LogP) is 3.67. The number of ether oxygens (including phenoxy) is 1. The fraction of sp³-hybridized carbons (Fsp3) is 0.333. The van der Waals surface area contributed by atoms with Gasteiger partial charge in [0.15, 0.2) is 0 Å². The minimum atomic E-state index is -0.318. The Morgan fingerprint density at radius 1 is 1.33 bits per heavy atom. The first-order valence-electron chi connectivity index (χ1n) is 6.04. The maximum absolute atomic E-state index is 9.18. The molecule has 0 aliphatic heterocycles. The molecule has 92 valence electrons. The summed E-state index contributed by atoms with van der Waals surface area (Å²) in [6.45, 7) is 6.03. The monoisotopic (exact) mass is 240 g/mol. The van der Waals surface area contributed by atoms with Gasteiger partial charge in [-0.1, -0.05) is 25.1 Å². The summed E-state index contributed by atoms with van der Waals surface area (Å²) in [6, 6.07) is 11.7. The molecule has 0 bridgehead atoms. The SMILES string of the molecule is CCC(C)(C)Oc1nc2ccccc2cc1C#N. The van der Waals surface area contributed by atoms with E-state index in [0.29, 0.717) is 11.4 Å². The lowest BCUT2D eigenvalue weighted by molar-refractivity contribution is 0.0991. The number of nitriles is 1. The molecule has 1 aromatic carbocycles. The number of benzene rings is 1. The van der Waals surface area contributed by atoms with Crippen LogP contribution in [0.25, 0.3) is 10.9 Å². The topological polar surface area (TPSA) is 45.9 Å². The van der Waals surface area contributed by atoms with Gasteiger partial charge in [-0.25, -0.2) is 4.98 Å². The van der Waals surface area contributed by atoms with Crippen LogP contribution in [0.15, 0.2) is 30.3 Å². The van der Waals surface area contributed by atoms with E-state index in [2.05, 4.69) is 11.1 Å². The van der Waals surface area contributed by atoms with Crippen molar-refractivity contribution in [1.82, 2.24) is 4.98 Å². The Bertz CT molecular complexity index is 611. The van der Waals surface area contributed by atoms with Gasteiger partial charge < -0.3 is 4.74 Å². The average molecular weight is 240 g/mol. The molecule has 0 N–H and O–H groups in total. The highest BCUT2D eigenvalue weighted by Crippen LogP contribution is 2.26. The van der Waals surface area contributed by atoms with Gasteiger partial charge in [0.2, 0.25) is 5.88 Å². The maximum Gasteiger partial charge on any atom is 0.232 e. The molecule has 3 heteroatoms. The lowest BCUT2D eigenvalue weighted by Crippen LogP contribution is -2.27. The second kappa shape index (κ2) is 4.66. The van der Waals surface area contributed by atoms with Gasteiger partial charge in [-0.05, 0) is 32.4 Å². The standard InChI is InChI=1S/C15H16N2O/c1-4-15(2,3)18-14-12(10-16)9-11-7-5-6-8-13(11)17-14/h5-9H,4H2,1-3H3. The minimum Gasteiger partial charge on any atom is -0.471 e. The number of nitrogens with zero attached hydrogens (tertiary/aromatic N) is 2. The zero-order valence-electron chi connectivity index (χ0n) is 10.9. The molecule has 3 nitrogen and oxygen atoms in total. The number of para-hydroxylation sites is 1. The Hall–Kier alpha value is -2.08. The molecule has 2 aromatic rings. The van der Waals surface area contributed by atoms with E-state index in [9.17, 15) is 5.26 Å². The van der Waals surface area contributed by atoms with Crippen LogP contribution in [-0.2, 0) is 0 Å². The van der Waals surface area contributed by atoms with Gasteiger partial charge in [0, 0.05) is 5.39 Å². The van der Waals surface area contributed by atoms with E-state index >= 15 is 0 Å². The Morgan fingerprint density at radius 2 is 2.06 bits per heavy atom. The Morgan fingerprint density at radius 3 is 2.72 bits per heavy atom. The molecule has 18 heavy (non-hydrogen) atoms. The van der Waals surface area contributed by atoms with Crippen LogP contribution in [0.5, 0.6) is 5.88 Å². The van der Waals surface area contributed by atoms with Gasteiger partial charge in [0.1, 0.15) is 17.2 Å². The van der Waals surface area contributed by atoms with E-state index in [-0.39, 0.29) is 5.60 Å². The molecule has 1 heterocycles. The van der Waals surface area contributed by atoms with Gasteiger partial charge in [-0.15, -0.1) is 0 Å². The Labute approximate surface area is 107 Å². The first kappa shape index (κ1) is 12.4. The van der Waals surface area contributed by atoms with Crippen molar-refractivity contribution >= 4 is 10.9 Å². The molecule has 0 radical (unpaired) electrons. The van der Waals surface area contributed by atoms with Crippen LogP contribution in [0.1, 0.15) is 32.8 Å². The van der Waals surface area contributed by atoms with Crippen molar-refractivity contribution in [3.05, 3.63) is 35.9 Å². The third-order valence-electron chi connectivity index (χ3n) is 3.03. The van der Waals surface area contributed by atoms with Crippen molar-refractivity contribution in [3.8, 4) is 11.9 Å². The summed E-state index contributed by atoms with van der Waals surface area (Å²) in [5.74, 6) is 0.419. The molecule has 0 amide bonds. The number of pyridine rings is 1. The van der Waals surface area contributed by atoms with Crippen molar-refractivity contribution in [1.29, 1.82) is 5.26 Å². The summed E-state index contributed by atoms with van der Waals surface area (Å²) < 4.78 is 5.85. The van der Waals surface area contributed by atoms with Crippen LogP contribution in [0.4, 0.5) is 0 Å². The van der Waals surface area contributed by atoms with Gasteiger partial charge >= 0.3 is 0 Å². The van der Waals surface area contributed by atoms with Crippen LogP contribution in [0.3, 0.4) is 0 Å².